The summed E-state index contributed by atoms with van der Waals surface area (Å²) >= 11 is -0.0536. The number of aliphatic hydroxyl groups is 1. The molecule has 4 aliphatic heterocycles. The third kappa shape index (κ3) is 17.0. The van der Waals surface area contributed by atoms with Crippen molar-refractivity contribution in [2.75, 3.05) is 37.9 Å². The van der Waals surface area contributed by atoms with Gasteiger partial charge < -0.3 is 45.0 Å². The number of ether oxygens (including phenoxy) is 6. The zero-order valence-electron chi connectivity index (χ0n) is 39.3. The SMILES string of the molecule is C1CCOC1.C1CCOC1.CC[C@H]1OC(=O)[C@H](OCc2ccccc2)[C@@H]1C.CC[C@H]1OC(O)(c2ccc3c(N)ncnn23)[C@H](OCc2ccccc2)[C@@H]1C.Nc1ncnn2c(I)ccc12.[Cl][Nd]([Cl])[Cl]. The molecule has 0 spiro atoms. The summed E-state index contributed by atoms with van der Waals surface area (Å²) in [6.07, 6.45) is 8.46. The number of fused-ring (bicyclic) bond motifs is 2. The van der Waals surface area contributed by atoms with Gasteiger partial charge in [-0.05, 0) is 96.5 Å². The van der Waals surface area contributed by atoms with Crippen LogP contribution in [0, 0.1) is 45.5 Å². The second kappa shape index (κ2) is 29.8. The monoisotopic (exact) mass is 1250 g/mol. The first-order valence-corrected chi connectivity index (χ1v) is 36.1. The van der Waals surface area contributed by atoms with Crippen LogP contribution in [-0.2, 0) is 52.2 Å². The quantitative estimate of drug-likeness (QED) is 0.0911. The van der Waals surface area contributed by atoms with Gasteiger partial charge in [-0.1, -0.05) is 88.4 Å². The normalized spacial score (nSPS) is 23.5. The van der Waals surface area contributed by atoms with Gasteiger partial charge in [-0.15, -0.1) is 0 Å². The van der Waals surface area contributed by atoms with Gasteiger partial charge in [0.15, 0.2) is 17.7 Å². The van der Waals surface area contributed by atoms with Crippen LogP contribution >= 0.6 is 40.0 Å². The van der Waals surface area contributed by atoms with E-state index < -0.39 is 47.9 Å². The zero-order valence-corrected chi connectivity index (χ0v) is 47.0. The number of benzene rings is 2. The van der Waals surface area contributed by atoms with Crippen LogP contribution in [0.2, 0.25) is 0 Å². The zero-order chi connectivity index (χ0) is 49.8. The predicted octanol–water partition coefficient (Wildman–Crippen LogP) is 9.61. The van der Waals surface area contributed by atoms with E-state index in [0.29, 0.717) is 36.1 Å². The van der Waals surface area contributed by atoms with Gasteiger partial charge >= 0.3 is 53.3 Å². The Morgan fingerprint density at radius 2 is 1.20 bits per heavy atom. The predicted molar refractivity (Wildman–Crippen MR) is 273 cm³/mol. The summed E-state index contributed by atoms with van der Waals surface area (Å²) in [5.41, 5.74) is 15.6. The molecule has 21 heteroatoms. The average molecular weight is 1260 g/mol. The third-order valence-corrected chi connectivity index (χ3v) is 12.4. The van der Waals surface area contributed by atoms with Crippen molar-refractivity contribution < 1.29 is 68.2 Å². The molecule has 4 aliphatic rings. The van der Waals surface area contributed by atoms with Gasteiger partial charge in [0.1, 0.15) is 45.3 Å². The number of carbonyl (C=O) groups is 1. The molecule has 0 amide bonds. The van der Waals surface area contributed by atoms with Crippen LogP contribution in [0.15, 0.2) is 97.6 Å². The standard InChI is InChI=1S/C20H24N4O3.C14H18O3.C6H5IN4.2C4H8O.3ClH.Nd/c1-3-16-13(2)18(26-11-14-7-5-4-6-8-14)20(25,27-16)17-10-9-15-19(21)22-12-23-24(15)17;1-3-12-10(2)13(14(15)17-12)16-9-11-7-5-4-6-8-11;7-5-2-1-4-6(8)9-3-10-11(4)5;2*1-2-4-5-3-1;;;;/h4-10,12-13,16,18,25H,3,11H2,1-2H3,(H2,21,22,23);4-8,10,12-13H,3,9H2,1-2H3;1-3H,(H2,8,9,10);2*1-4H2;3*1H;/q;;;;;;;;+3/p-3/t13-,16-,18-,20?;10-,12-,13-;;;;;;;/m11......./s1. The van der Waals surface area contributed by atoms with Crippen molar-refractivity contribution in [3.63, 3.8) is 0 Å². The van der Waals surface area contributed by atoms with Crippen LogP contribution in [0.25, 0.3) is 11.0 Å². The molecule has 4 fully saturated rings. The molecule has 375 valence electrons. The Balaban J connectivity index is 0.000000179. The van der Waals surface area contributed by atoms with Crippen molar-refractivity contribution in [1.29, 1.82) is 0 Å². The number of nitrogen functional groups attached to an aromatic ring is 2. The van der Waals surface area contributed by atoms with E-state index in [2.05, 4.69) is 42.8 Å². The molecule has 0 bridgehead atoms. The molecule has 8 heterocycles. The summed E-state index contributed by atoms with van der Waals surface area (Å²) < 4.78 is 37.5. The molecule has 2 aromatic carbocycles. The van der Waals surface area contributed by atoms with Crippen LogP contribution in [0.4, 0.5) is 11.6 Å². The van der Waals surface area contributed by atoms with Crippen molar-refractivity contribution in [1.82, 2.24) is 29.2 Å². The Bertz CT molecular complexity index is 2390. The van der Waals surface area contributed by atoms with E-state index in [0.717, 1.165) is 59.6 Å². The Morgan fingerprint density at radius 3 is 1.67 bits per heavy atom. The first-order valence-electron chi connectivity index (χ1n) is 23.0. The second-order valence-corrected chi connectivity index (χ2v) is 31.6. The van der Waals surface area contributed by atoms with Gasteiger partial charge in [-0.25, -0.2) is 23.8 Å². The molecule has 16 nitrogen and oxygen atoms in total. The molecule has 10 rings (SSSR count). The summed E-state index contributed by atoms with van der Waals surface area (Å²) in [7, 11) is 0. The molecule has 0 saturated carbocycles. The number of hydrogen-bond acceptors (Lipinski definition) is 14. The summed E-state index contributed by atoms with van der Waals surface area (Å²) in [5.74, 6) is 14.2. The Labute approximate surface area is 439 Å². The van der Waals surface area contributed by atoms with E-state index >= 15 is 0 Å². The Morgan fingerprint density at radius 1 is 0.725 bits per heavy atom. The van der Waals surface area contributed by atoms with Crippen LogP contribution in [0.5, 0.6) is 0 Å². The van der Waals surface area contributed by atoms with Crippen molar-refractivity contribution in [3.8, 4) is 0 Å². The molecule has 1 unspecified atom stereocenters. The Kier molecular flexibility index (Phi) is 24.8. The maximum atomic E-state index is 11.6. The Hall–Kier alpha value is -2.54. The van der Waals surface area contributed by atoms with Gasteiger partial charge in [0.25, 0.3) is 0 Å². The number of rotatable bonds is 9. The van der Waals surface area contributed by atoms with Gasteiger partial charge in [0.05, 0.1) is 19.3 Å². The van der Waals surface area contributed by atoms with Crippen LogP contribution in [0.1, 0.15) is 83.0 Å². The van der Waals surface area contributed by atoms with Crippen molar-refractivity contribution in [2.45, 2.75) is 110 Å². The van der Waals surface area contributed by atoms with Gasteiger partial charge in [0, 0.05) is 38.3 Å². The summed E-state index contributed by atoms with van der Waals surface area (Å²) in [6, 6.07) is 27.1. The molecule has 6 aromatic rings. The fraction of sp³-hybridized carbons (Fsp3) is 0.479. The molecule has 0 aliphatic carbocycles. The van der Waals surface area contributed by atoms with Gasteiger partial charge in [0.2, 0.25) is 5.79 Å². The fourth-order valence-corrected chi connectivity index (χ4v) is 8.54. The summed E-state index contributed by atoms with van der Waals surface area (Å²) in [5, 5.41) is 19.9. The van der Waals surface area contributed by atoms with E-state index in [1.165, 1.54) is 38.3 Å². The molecule has 4 aromatic heterocycles. The molecule has 4 saturated heterocycles. The first kappa shape index (κ1) is 57.4. The number of esters is 1. The molecular weight excluding hydrogens is 1190 g/mol. The molecular formula is C48H63Cl3IN8NdO8. The van der Waals surface area contributed by atoms with E-state index in [1.807, 2.05) is 100 Å². The van der Waals surface area contributed by atoms with Crippen molar-refractivity contribution in [3.05, 3.63) is 118 Å². The minimum atomic E-state index is -2.24. The molecule has 7 atom stereocenters. The van der Waals surface area contributed by atoms with E-state index in [4.69, 9.17) is 57.3 Å². The van der Waals surface area contributed by atoms with Crippen LogP contribution in [0.3, 0.4) is 0 Å². The van der Waals surface area contributed by atoms with Crippen LogP contribution in [-0.4, -0.2) is 91.1 Å². The number of nitrogens with two attached hydrogens (primary N) is 2. The molecule has 69 heavy (non-hydrogen) atoms. The maximum absolute atomic E-state index is 11.6. The van der Waals surface area contributed by atoms with E-state index in [9.17, 15) is 9.90 Å². The van der Waals surface area contributed by atoms with Gasteiger partial charge in [-0.3, -0.25) is 0 Å². The number of cyclic esters (lactones) is 1. The third-order valence-electron chi connectivity index (χ3n) is 11.6. The molecule has 0 radical (unpaired) electrons. The summed E-state index contributed by atoms with van der Waals surface area (Å²) in [6.45, 7) is 13.0. The first-order chi connectivity index (χ1) is 33.3. The number of carbonyl (C=O) groups excluding carboxylic acids is 1. The average Bonchev–Trinajstić information content (AvgIpc) is 4.23. The number of hydrogen-bond donors (Lipinski definition) is 3. The van der Waals surface area contributed by atoms with E-state index in [-0.39, 0.29) is 30.0 Å². The summed E-state index contributed by atoms with van der Waals surface area (Å²) in [4.78, 5) is 19.5. The minimum absolute atomic E-state index is 0.00303. The van der Waals surface area contributed by atoms with Crippen molar-refractivity contribution >= 4 is 68.6 Å². The number of aromatic nitrogens is 6. The topological polar surface area (TPSA) is 205 Å². The van der Waals surface area contributed by atoms with E-state index in [1.54, 1.807) is 21.2 Å². The van der Waals surface area contributed by atoms with Crippen molar-refractivity contribution in [2.24, 2.45) is 11.8 Å². The second-order valence-electron chi connectivity index (χ2n) is 16.4. The number of anilines is 2. The number of halogens is 4. The fourth-order valence-electron chi connectivity index (χ4n) is 7.98. The molecule has 5 N–H and O–H groups in total. The van der Waals surface area contributed by atoms with Gasteiger partial charge in [-0.2, -0.15) is 10.2 Å². The number of nitrogens with zero attached hydrogens (tertiary/aromatic N) is 6. The van der Waals surface area contributed by atoms with Crippen LogP contribution < -0.4 is 11.5 Å².